The highest BCUT2D eigenvalue weighted by molar-refractivity contribution is 5.34. The van der Waals surface area contributed by atoms with Gasteiger partial charge in [0.25, 0.3) is 0 Å². The van der Waals surface area contributed by atoms with Gasteiger partial charge in [0.1, 0.15) is 11.6 Å². The fourth-order valence-electron chi connectivity index (χ4n) is 3.16. The van der Waals surface area contributed by atoms with Gasteiger partial charge in [-0.1, -0.05) is 32.3 Å². The van der Waals surface area contributed by atoms with Crippen molar-refractivity contribution in [1.29, 1.82) is 0 Å². The van der Waals surface area contributed by atoms with Crippen molar-refractivity contribution in [2.24, 2.45) is 0 Å². The molecule has 1 aromatic carbocycles. The first-order valence-corrected chi connectivity index (χ1v) is 7.31. The van der Waals surface area contributed by atoms with Crippen LogP contribution in [0.5, 0.6) is 5.75 Å². The van der Waals surface area contributed by atoms with Crippen molar-refractivity contribution in [3.63, 3.8) is 0 Å². The highest BCUT2D eigenvalue weighted by atomic mass is 19.1. The monoisotopic (exact) mass is 265 g/mol. The summed E-state index contributed by atoms with van der Waals surface area (Å²) in [6.07, 6.45) is 6.64. The van der Waals surface area contributed by atoms with Crippen LogP contribution in [0.4, 0.5) is 4.39 Å². The van der Waals surface area contributed by atoms with E-state index in [4.69, 9.17) is 4.74 Å². The second-order valence-corrected chi connectivity index (χ2v) is 5.42. The third-order valence-corrected chi connectivity index (χ3v) is 4.11. The number of benzene rings is 1. The van der Waals surface area contributed by atoms with Crippen molar-refractivity contribution < 1.29 is 9.13 Å². The zero-order valence-electron chi connectivity index (χ0n) is 12.0. The standard InChI is InChI=1S/C16H24FNO/c1-3-9-16(10-5-4-6-11-18-16)14-8-7-13(19-2)12-15(14)17/h7-8,12,18H,3-6,9-11H2,1-2H3. The van der Waals surface area contributed by atoms with E-state index in [1.54, 1.807) is 7.11 Å². The number of hydrogen-bond acceptors (Lipinski definition) is 2. The quantitative estimate of drug-likeness (QED) is 0.888. The van der Waals surface area contributed by atoms with Gasteiger partial charge in [0.2, 0.25) is 0 Å². The highest BCUT2D eigenvalue weighted by Gasteiger charge is 2.34. The molecule has 0 spiro atoms. The molecule has 0 aliphatic carbocycles. The molecule has 3 heteroatoms. The summed E-state index contributed by atoms with van der Waals surface area (Å²) in [5.41, 5.74) is 0.610. The van der Waals surface area contributed by atoms with Crippen LogP contribution in [0.1, 0.15) is 51.0 Å². The maximum Gasteiger partial charge on any atom is 0.131 e. The van der Waals surface area contributed by atoms with Crippen LogP contribution in [0, 0.1) is 5.82 Å². The molecule has 2 nitrogen and oxygen atoms in total. The topological polar surface area (TPSA) is 21.3 Å². The lowest BCUT2D eigenvalue weighted by molar-refractivity contribution is 0.286. The Bertz CT molecular complexity index is 411. The largest absolute Gasteiger partial charge is 0.497 e. The van der Waals surface area contributed by atoms with Gasteiger partial charge in [-0.3, -0.25) is 0 Å². The third-order valence-electron chi connectivity index (χ3n) is 4.11. The number of halogens is 1. The van der Waals surface area contributed by atoms with E-state index in [2.05, 4.69) is 12.2 Å². The summed E-state index contributed by atoms with van der Waals surface area (Å²) in [7, 11) is 1.57. The van der Waals surface area contributed by atoms with Crippen LogP contribution in [0.3, 0.4) is 0 Å². The van der Waals surface area contributed by atoms with Crippen molar-refractivity contribution in [2.75, 3.05) is 13.7 Å². The van der Waals surface area contributed by atoms with Crippen molar-refractivity contribution in [1.82, 2.24) is 5.32 Å². The molecule has 2 rings (SSSR count). The summed E-state index contributed by atoms with van der Waals surface area (Å²) in [6.45, 7) is 3.14. The summed E-state index contributed by atoms with van der Waals surface area (Å²) in [5.74, 6) is 0.434. The van der Waals surface area contributed by atoms with E-state index in [9.17, 15) is 4.39 Å². The average molecular weight is 265 g/mol. The van der Waals surface area contributed by atoms with E-state index in [0.29, 0.717) is 5.75 Å². The summed E-state index contributed by atoms with van der Waals surface area (Å²) in [4.78, 5) is 0. The average Bonchev–Trinajstić information content (AvgIpc) is 2.65. The molecule has 1 heterocycles. The second kappa shape index (κ2) is 6.38. The Kier molecular flexibility index (Phi) is 4.81. The number of nitrogens with one attached hydrogen (secondary N) is 1. The van der Waals surface area contributed by atoms with Gasteiger partial charge in [-0.15, -0.1) is 0 Å². The molecule has 19 heavy (non-hydrogen) atoms. The normalized spacial score (nSPS) is 23.9. The van der Waals surface area contributed by atoms with Gasteiger partial charge >= 0.3 is 0 Å². The zero-order valence-corrected chi connectivity index (χ0v) is 12.0. The van der Waals surface area contributed by atoms with Gasteiger partial charge in [0, 0.05) is 17.2 Å². The first-order chi connectivity index (χ1) is 9.22. The molecule has 0 amide bonds. The van der Waals surface area contributed by atoms with Gasteiger partial charge in [0.15, 0.2) is 0 Å². The summed E-state index contributed by atoms with van der Waals surface area (Å²) in [6, 6.07) is 5.25. The Morgan fingerprint density at radius 1 is 1.32 bits per heavy atom. The van der Waals surface area contributed by atoms with Crippen LogP contribution in [0.25, 0.3) is 0 Å². The summed E-state index contributed by atoms with van der Waals surface area (Å²) >= 11 is 0. The van der Waals surface area contributed by atoms with Gasteiger partial charge in [-0.25, -0.2) is 4.39 Å². The number of methoxy groups -OCH3 is 1. The van der Waals surface area contributed by atoms with Crippen molar-refractivity contribution >= 4 is 0 Å². The van der Waals surface area contributed by atoms with E-state index >= 15 is 0 Å². The molecule has 1 atom stereocenters. The molecule has 1 fully saturated rings. The molecule has 0 bridgehead atoms. The number of ether oxygens (including phenoxy) is 1. The van der Waals surface area contributed by atoms with E-state index in [0.717, 1.165) is 31.4 Å². The SMILES string of the molecule is CCCC1(c2ccc(OC)cc2F)CCCCCN1. The Balaban J connectivity index is 2.36. The number of rotatable bonds is 4. The molecule has 106 valence electrons. The van der Waals surface area contributed by atoms with Crippen molar-refractivity contribution in [2.45, 2.75) is 51.0 Å². The van der Waals surface area contributed by atoms with Gasteiger partial charge in [0.05, 0.1) is 7.11 Å². The minimum Gasteiger partial charge on any atom is -0.497 e. The predicted octanol–water partition coefficient (Wildman–Crippen LogP) is 3.99. The fraction of sp³-hybridized carbons (Fsp3) is 0.625. The Morgan fingerprint density at radius 3 is 2.84 bits per heavy atom. The zero-order chi connectivity index (χ0) is 13.7. The molecule has 1 saturated heterocycles. The Hall–Kier alpha value is -1.09. The van der Waals surface area contributed by atoms with Crippen LogP contribution in [-0.2, 0) is 5.54 Å². The molecule has 0 aromatic heterocycles. The molecule has 0 radical (unpaired) electrons. The van der Waals surface area contributed by atoms with Gasteiger partial charge in [-0.2, -0.15) is 0 Å². The molecule has 1 N–H and O–H groups in total. The highest BCUT2D eigenvalue weighted by Crippen LogP contribution is 2.36. The van der Waals surface area contributed by atoms with E-state index < -0.39 is 0 Å². The minimum absolute atomic E-state index is 0.151. The lowest BCUT2D eigenvalue weighted by Gasteiger charge is -2.34. The van der Waals surface area contributed by atoms with E-state index in [-0.39, 0.29) is 11.4 Å². The maximum absolute atomic E-state index is 14.4. The lowest BCUT2D eigenvalue weighted by atomic mass is 9.81. The third kappa shape index (κ3) is 3.08. The second-order valence-electron chi connectivity index (χ2n) is 5.42. The molecule has 1 aliphatic rings. The maximum atomic E-state index is 14.4. The number of hydrogen-bond donors (Lipinski definition) is 1. The first-order valence-electron chi connectivity index (χ1n) is 7.31. The van der Waals surface area contributed by atoms with Crippen LogP contribution >= 0.6 is 0 Å². The summed E-state index contributed by atoms with van der Waals surface area (Å²) < 4.78 is 19.5. The minimum atomic E-state index is -0.193. The van der Waals surface area contributed by atoms with Crippen LogP contribution in [0.2, 0.25) is 0 Å². The van der Waals surface area contributed by atoms with E-state index in [1.807, 2.05) is 12.1 Å². The molecule has 0 saturated carbocycles. The van der Waals surface area contributed by atoms with Crippen LogP contribution in [0.15, 0.2) is 18.2 Å². The predicted molar refractivity (Wildman–Crippen MR) is 76.0 cm³/mol. The summed E-state index contributed by atoms with van der Waals surface area (Å²) in [5, 5.41) is 3.61. The molecule has 1 aliphatic heterocycles. The lowest BCUT2D eigenvalue weighted by Crippen LogP contribution is -2.42. The van der Waals surface area contributed by atoms with Crippen molar-refractivity contribution in [3.05, 3.63) is 29.6 Å². The van der Waals surface area contributed by atoms with Crippen LogP contribution in [-0.4, -0.2) is 13.7 Å². The molecule has 1 unspecified atom stereocenters. The van der Waals surface area contributed by atoms with Gasteiger partial charge < -0.3 is 10.1 Å². The smallest absolute Gasteiger partial charge is 0.131 e. The van der Waals surface area contributed by atoms with E-state index in [1.165, 1.54) is 25.3 Å². The first kappa shape index (κ1) is 14.3. The molecular weight excluding hydrogens is 241 g/mol. The molecular formula is C16H24FNO. The Morgan fingerprint density at radius 2 is 2.16 bits per heavy atom. The fourth-order valence-corrected chi connectivity index (χ4v) is 3.16. The van der Waals surface area contributed by atoms with Crippen molar-refractivity contribution in [3.8, 4) is 5.75 Å². The Labute approximate surface area is 115 Å². The van der Waals surface area contributed by atoms with Gasteiger partial charge in [-0.05, 0) is 31.9 Å². The van der Waals surface area contributed by atoms with Crippen LogP contribution < -0.4 is 10.1 Å². The molecule has 1 aromatic rings.